The maximum atomic E-state index is 11.6. The molecule has 0 radical (unpaired) electrons. The van der Waals surface area contributed by atoms with E-state index in [1.165, 1.54) is 5.56 Å². The van der Waals surface area contributed by atoms with Crippen molar-refractivity contribution in [3.05, 3.63) is 62.5 Å². The molecule has 2 rings (SSSR count). The molecule has 0 saturated carbocycles. The fraction of sp³-hybridized carbons (Fsp3) is 0.188. The van der Waals surface area contributed by atoms with Gasteiger partial charge in [0.1, 0.15) is 0 Å². The normalized spacial score (nSPS) is 10.2. The van der Waals surface area contributed by atoms with Crippen LogP contribution in [0.1, 0.15) is 22.8 Å². The Labute approximate surface area is 141 Å². The third kappa shape index (κ3) is 4.58. The summed E-state index contributed by atoms with van der Waals surface area (Å²) in [5, 5.41) is 3.32. The van der Waals surface area contributed by atoms with Gasteiger partial charge in [-0.15, -0.1) is 0 Å². The summed E-state index contributed by atoms with van der Waals surface area (Å²) in [6.07, 6.45) is 0. The van der Waals surface area contributed by atoms with Crippen molar-refractivity contribution in [2.75, 3.05) is 11.9 Å². The van der Waals surface area contributed by atoms with Crippen molar-refractivity contribution in [1.82, 2.24) is 0 Å². The predicted octanol–water partition coefficient (Wildman–Crippen LogP) is 5.00. The highest BCUT2D eigenvalue weighted by Gasteiger charge is 2.05. The van der Waals surface area contributed by atoms with Crippen LogP contribution in [0.3, 0.4) is 0 Å². The van der Waals surface area contributed by atoms with Gasteiger partial charge in [-0.2, -0.15) is 0 Å². The van der Waals surface area contributed by atoms with E-state index in [0.29, 0.717) is 18.7 Å². The topological polar surface area (TPSA) is 38.3 Å². The molecule has 0 spiro atoms. The molecule has 0 fully saturated rings. The summed E-state index contributed by atoms with van der Waals surface area (Å²) in [7, 11) is 0. The number of carbonyl (C=O) groups excluding carboxylic acids is 1. The van der Waals surface area contributed by atoms with Gasteiger partial charge in [0.05, 0.1) is 12.2 Å². The van der Waals surface area contributed by atoms with Crippen molar-refractivity contribution in [2.24, 2.45) is 0 Å². The van der Waals surface area contributed by atoms with Crippen LogP contribution >= 0.6 is 31.9 Å². The molecule has 0 unspecified atom stereocenters. The van der Waals surface area contributed by atoms with Crippen LogP contribution in [0.15, 0.2) is 51.4 Å². The van der Waals surface area contributed by atoms with E-state index in [4.69, 9.17) is 4.74 Å². The number of benzene rings is 2. The van der Waals surface area contributed by atoms with E-state index in [1.807, 2.05) is 18.2 Å². The lowest BCUT2D eigenvalue weighted by Gasteiger charge is -2.08. The summed E-state index contributed by atoms with van der Waals surface area (Å²) in [6.45, 7) is 2.89. The molecule has 110 valence electrons. The number of halogens is 2. The third-order valence-electron chi connectivity index (χ3n) is 2.88. The Balaban J connectivity index is 1.97. The number of ether oxygens (including phenoxy) is 1. The van der Waals surface area contributed by atoms with Gasteiger partial charge < -0.3 is 10.1 Å². The Bertz CT molecular complexity index is 627. The van der Waals surface area contributed by atoms with Gasteiger partial charge in [-0.25, -0.2) is 4.79 Å². The van der Waals surface area contributed by atoms with Crippen molar-refractivity contribution >= 4 is 43.5 Å². The molecule has 0 aliphatic heterocycles. The predicted molar refractivity (Wildman–Crippen MR) is 91.6 cm³/mol. The van der Waals surface area contributed by atoms with E-state index < -0.39 is 0 Å². The molecule has 0 aliphatic carbocycles. The number of rotatable bonds is 5. The molecule has 0 aromatic heterocycles. The highest BCUT2D eigenvalue weighted by Crippen LogP contribution is 2.24. The van der Waals surface area contributed by atoms with E-state index in [-0.39, 0.29) is 5.97 Å². The summed E-state index contributed by atoms with van der Waals surface area (Å²) in [4.78, 5) is 11.6. The fourth-order valence-corrected chi connectivity index (χ4v) is 2.47. The molecular weight excluding hydrogens is 398 g/mol. The Morgan fingerprint density at radius 2 is 1.81 bits per heavy atom. The van der Waals surface area contributed by atoms with Gasteiger partial charge in [0, 0.05) is 21.2 Å². The second kappa shape index (κ2) is 7.61. The fourth-order valence-electron chi connectivity index (χ4n) is 1.79. The number of carbonyl (C=O) groups is 1. The van der Waals surface area contributed by atoms with E-state index in [0.717, 1.165) is 14.6 Å². The molecule has 0 aliphatic rings. The summed E-state index contributed by atoms with van der Waals surface area (Å²) in [5.41, 5.74) is 2.69. The molecule has 0 amide bonds. The minimum atomic E-state index is -0.291. The standard InChI is InChI=1S/C16H15Br2NO2/c1-2-21-16(20)12-4-6-13(7-5-12)19-10-11-3-8-14(17)15(18)9-11/h3-9,19H,2,10H2,1H3. The Morgan fingerprint density at radius 1 is 1.10 bits per heavy atom. The minimum absolute atomic E-state index is 0.291. The van der Waals surface area contributed by atoms with Gasteiger partial charge >= 0.3 is 5.97 Å². The number of esters is 1. The van der Waals surface area contributed by atoms with Gasteiger partial charge in [0.2, 0.25) is 0 Å². The van der Waals surface area contributed by atoms with Gasteiger partial charge in [0.25, 0.3) is 0 Å². The maximum Gasteiger partial charge on any atom is 0.338 e. The van der Waals surface area contributed by atoms with Crippen LogP contribution in [0.4, 0.5) is 5.69 Å². The highest BCUT2D eigenvalue weighted by molar-refractivity contribution is 9.13. The van der Waals surface area contributed by atoms with Crippen LogP contribution < -0.4 is 5.32 Å². The first-order chi connectivity index (χ1) is 10.1. The van der Waals surface area contributed by atoms with Crippen LogP contribution in [0.25, 0.3) is 0 Å². The third-order valence-corrected chi connectivity index (χ3v) is 4.76. The van der Waals surface area contributed by atoms with Crippen LogP contribution in [-0.4, -0.2) is 12.6 Å². The van der Waals surface area contributed by atoms with E-state index >= 15 is 0 Å². The largest absolute Gasteiger partial charge is 0.462 e. The quantitative estimate of drug-likeness (QED) is 0.702. The molecular formula is C16H15Br2NO2. The first kappa shape index (κ1) is 16.0. The SMILES string of the molecule is CCOC(=O)c1ccc(NCc2ccc(Br)c(Br)c2)cc1. The average molecular weight is 413 g/mol. The van der Waals surface area contributed by atoms with E-state index in [9.17, 15) is 4.79 Å². The van der Waals surface area contributed by atoms with Crippen molar-refractivity contribution < 1.29 is 9.53 Å². The van der Waals surface area contributed by atoms with E-state index in [1.54, 1.807) is 19.1 Å². The number of nitrogens with one attached hydrogen (secondary N) is 1. The summed E-state index contributed by atoms with van der Waals surface area (Å²) < 4.78 is 7.01. The zero-order valence-corrected chi connectivity index (χ0v) is 14.7. The summed E-state index contributed by atoms with van der Waals surface area (Å²) >= 11 is 6.93. The van der Waals surface area contributed by atoms with Crippen LogP contribution in [-0.2, 0) is 11.3 Å². The first-order valence-corrected chi connectivity index (χ1v) is 8.13. The zero-order chi connectivity index (χ0) is 15.2. The van der Waals surface area contributed by atoms with Gasteiger partial charge in [-0.3, -0.25) is 0 Å². The molecule has 0 heterocycles. The molecule has 0 atom stereocenters. The molecule has 5 heteroatoms. The molecule has 1 N–H and O–H groups in total. The highest BCUT2D eigenvalue weighted by atomic mass is 79.9. The average Bonchev–Trinajstić information content (AvgIpc) is 2.49. The van der Waals surface area contributed by atoms with Crippen molar-refractivity contribution in [3.63, 3.8) is 0 Å². The minimum Gasteiger partial charge on any atom is -0.462 e. The zero-order valence-electron chi connectivity index (χ0n) is 11.5. The summed E-state index contributed by atoms with van der Waals surface area (Å²) in [5.74, 6) is -0.291. The molecule has 0 bridgehead atoms. The molecule has 3 nitrogen and oxygen atoms in total. The molecule has 2 aromatic rings. The number of anilines is 1. The van der Waals surface area contributed by atoms with Gasteiger partial charge in [0.15, 0.2) is 0 Å². The Hall–Kier alpha value is -1.33. The number of hydrogen-bond acceptors (Lipinski definition) is 3. The van der Waals surface area contributed by atoms with Gasteiger partial charge in [-0.05, 0) is 80.7 Å². The monoisotopic (exact) mass is 411 g/mol. The van der Waals surface area contributed by atoms with Crippen LogP contribution in [0, 0.1) is 0 Å². The van der Waals surface area contributed by atoms with Gasteiger partial charge in [-0.1, -0.05) is 6.07 Å². The number of hydrogen-bond donors (Lipinski definition) is 1. The van der Waals surface area contributed by atoms with Crippen LogP contribution in [0.2, 0.25) is 0 Å². The summed E-state index contributed by atoms with van der Waals surface area (Å²) in [6, 6.07) is 13.4. The molecule has 2 aromatic carbocycles. The second-order valence-corrected chi connectivity index (χ2v) is 6.11. The van der Waals surface area contributed by atoms with Crippen molar-refractivity contribution in [1.29, 1.82) is 0 Å². The molecule has 21 heavy (non-hydrogen) atoms. The molecule has 0 saturated heterocycles. The maximum absolute atomic E-state index is 11.6. The van der Waals surface area contributed by atoms with Crippen molar-refractivity contribution in [2.45, 2.75) is 13.5 Å². The Morgan fingerprint density at radius 3 is 2.43 bits per heavy atom. The lowest BCUT2D eigenvalue weighted by atomic mass is 10.2. The Kier molecular flexibility index (Phi) is 5.82. The van der Waals surface area contributed by atoms with Crippen LogP contribution in [0.5, 0.6) is 0 Å². The second-order valence-electron chi connectivity index (χ2n) is 4.40. The smallest absolute Gasteiger partial charge is 0.338 e. The first-order valence-electron chi connectivity index (χ1n) is 6.55. The van der Waals surface area contributed by atoms with Crippen molar-refractivity contribution in [3.8, 4) is 0 Å². The van der Waals surface area contributed by atoms with E-state index in [2.05, 4.69) is 49.3 Å². The lowest BCUT2D eigenvalue weighted by Crippen LogP contribution is -2.05. The lowest BCUT2D eigenvalue weighted by molar-refractivity contribution is 0.0526.